The fourth-order valence-electron chi connectivity index (χ4n) is 0.244. The number of hydrogen-bond acceptors (Lipinski definition) is 0. The first-order valence-corrected chi connectivity index (χ1v) is 8.40. The number of rotatable bonds is 3. The molecule has 0 radical (unpaired) electrons. The highest BCUT2D eigenvalue weighted by Crippen LogP contribution is 2.16. The van der Waals surface area contributed by atoms with Gasteiger partial charge in [0, 0.05) is 0 Å². The fourth-order valence-corrected chi connectivity index (χ4v) is 1.13. The van der Waals surface area contributed by atoms with Crippen LogP contribution in [0.5, 0.6) is 0 Å². The summed E-state index contributed by atoms with van der Waals surface area (Å²) in [6.07, 6.45) is 3.78. The number of unbranched alkanes of at least 4 members (excludes halogenated alkanes) is 1. The fraction of sp³-hybridized carbons (Fsp3) is 1.00. The summed E-state index contributed by atoms with van der Waals surface area (Å²) in [6, 6.07) is 0. The molecular weight excluding hydrogens is 247 g/mol. The van der Waals surface area contributed by atoms with Crippen LogP contribution in [-0.2, 0) is 0 Å². The highest BCUT2D eigenvalue weighted by molar-refractivity contribution is 7.68. The molecule has 3 unspecified atom stereocenters. The molecule has 0 saturated heterocycles. The van der Waals surface area contributed by atoms with E-state index in [0.717, 1.165) is 0 Å². The van der Waals surface area contributed by atoms with Gasteiger partial charge in [0.1, 0.15) is 0 Å². The van der Waals surface area contributed by atoms with Crippen molar-refractivity contribution in [1.29, 1.82) is 0 Å². The summed E-state index contributed by atoms with van der Waals surface area (Å²) < 4.78 is 0. The van der Waals surface area contributed by atoms with Crippen molar-refractivity contribution in [3.05, 3.63) is 0 Å². The van der Waals surface area contributed by atoms with Crippen molar-refractivity contribution < 1.29 is 0 Å². The summed E-state index contributed by atoms with van der Waals surface area (Å²) in [5.74, 6) is 0. The first kappa shape index (κ1) is 18.0. The van der Waals surface area contributed by atoms with E-state index in [9.17, 15) is 0 Å². The largest absolute Gasteiger partial charge is 0.104 e. The number of hydrogen-bond donors (Lipinski definition) is 0. The zero-order valence-electron chi connectivity index (χ0n) is 5.91. The Morgan fingerprint density at radius 2 is 1.60 bits per heavy atom. The molecule has 0 fully saturated rings. The van der Waals surface area contributed by atoms with Crippen LogP contribution in [0, 0.1) is 0 Å². The Labute approximate surface area is 84.7 Å². The van der Waals surface area contributed by atoms with E-state index in [1.807, 2.05) is 17.2 Å². The molecule has 0 spiro atoms. The van der Waals surface area contributed by atoms with E-state index in [-0.39, 0.29) is 0 Å². The van der Waals surface area contributed by atoms with E-state index in [0.29, 0.717) is 7.93 Å². The van der Waals surface area contributed by atoms with Crippen molar-refractivity contribution >= 4 is 58.8 Å². The summed E-state index contributed by atoms with van der Waals surface area (Å²) in [5.41, 5.74) is 0. The van der Waals surface area contributed by atoms with Crippen LogP contribution < -0.4 is 0 Å². The average molecular weight is 261 g/mol. The van der Waals surface area contributed by atoms with Crippen molar-refractivity contribution in [1.82, 2.24) is 0 Å². The van der Waals surface area contributed by atoms with Crippen LogP contribution in [0.1, 0.15) is 19.8 Å². The second-order valence-corrected chi connectivity index (χ2v) is 2.81. The Morgan fingerprint density at radius 1 is 1.20 bits per heavy atom. The first-order valence-electron chi connectivity index (χ1n) is 2.69. The van der Waals surface area contributed by atoms with Crippen LogP contribution in [0.25, 0.3) is 0 Å². The van der Waals surface area contributed by atoms with E-state index in [1.54, 1.807) is 0 Å². The van der Waals surface area contributed by atoms with Gasteiger partial charge in [-0.2, -0.15) is 0 Å². The highest BCUT2D eigenvalue weighted by Gasteiger charge is 1.76. The molecule has 0 aromatic rings. The third-order valence-electron chi connectivity index (χ3n) is 0.625. The Hall–Kier alpha value is 2.16. The SMILES string of the molecule is CCCCPCl.PCl.PCl. The Balaban J connectivity index is -0.000000105. The molecule has 0 amide bonds. The van der Waals surface area contributed by atoms with Crippen LogP contribution in [-0.4, -0.2) is 6.16 Å². The Morgan fingerprint density at radius 3 is 1.70 bits per heavy atom. The molecule has 6 heteroatoms. The van der Waals surface area contributed by atoms with Gasteiger partial charge in [-0.3, -0.25) is 0 Å². The summed E-state index contributed by atoms with van der Waals surface area (Å²) in [5, 5.41) is 0. The van der Waals surface area contributed by atoms with Gasteiger partial charge in [0.25, 0.3) is 0 Å². The molecule has 0 nitrogen and oxygen atoms in total. The molecule has 0 aliphatic heterocycles. The molecular formula is C4H14Cl3P3. The van der Waals surface area contributed by atoms with Gasteiger partial charge in [-0.15, -0.1) is 33.7 Å². The number of halogens is 3. The second-order valence-electron chi connectivity index (χ2n) is 1.24. The third-order valence-corrected chi connectivity index (χ3v) is 1.73. The van der Waals surface area contributed by atoms with Gasteiger partial charge in [-0.1, -0.05) is 13.3 Å². The monoisotopic (exact) mass is 260 g/mol. The molecule has 0 aliphatic rings. The van der Waals surface area contributed by atoms with E-state index < -0.39 is 0 Å². The molecule has 0 aromatic carbocycles. The first-order chi connectivity index (χ1) is 4.91. The van der Waals surface area contributed by atoms with Crippen molar-refractivity contribution in [2.75, 3.05) is 6.16 Å². The van der Waals surface area contributed by atoms with E-state index in [4.69, 9.17) is 11.2 Å². The molecule has 0 saturated carbocycles. The lowest BCUT2D eigenvalue weighted by Gasteiger charge is -1.84. The van der Waals surface area contributed by atoms with Gasteiger partial charge in [0.15, 0.2) is 0 Å². The predicted molar refractivity (Wildman–Crippen MR) is 65.1 cm³/mol. The lowest BCUT2D eigenvalue weighted by atomic mass is 10.4. The quantitative estimate of drug-likeness (QED) is 0.512. The summed E-state index contributed by atoms with van der Waals surface area (Å²) in [4.78, 5) is 0. The average Bonchev–Trinajstić information content (AvgIpc) is 2.08. The molecule has 0 aromatic heterocycles. The van der Waals surface area contributed by atoms with Gasteiger partial charge in [0.05, 0.1) is 0 Å². The summed E-state index contributed by atoms with van der Waals surface area (Å²) in [6.45, 7) is 2.18. The van der Waals surface area contributed by atoms with Crippen molar-refractivity contribution in [3.63, 3.8) is 0 Å². The third kappa shape index (κ3) is 32.0. The molecule has 0 N–H and O–H groups in total. The highest BCUT2D eigenvalue weighted by atomic mass is 35.7. The second kappa shape index (κ2) is 30.4. The Bertz CT molecular complexity index is 27.7. The predicted octanol–water partition coefficient (Wildman–Crippen LogP) is 4.65. The lowest BCUT2D eigenvalue weighted by Crippen LogP contribution is -1.66. The minimum atomic E-state index is 0.637. The van der Waals surface area contributed by atoms with E-state index in [1.165, 1.54) is 19.0 Å². The van der Waals surface area contributed by atoms with Crippen molar-refractivity contribution in [2.24, 2.45) is 0 Å². The van der Waals surface area contributed by atoms with Crippen molar-refractivity contribution in [2.45, 2.75) is 19.8 Å². The summed E-state index contributed by atoms with van der Waals surface area (Å²) in [7, 11) is 4.41. The molecule has 3 atom stereocenters. The molecule has 0 aliphatic carbocycles. The standard InChI is InChI=1S/C4H10ClP.2ClH2P/c1-2-3-4-6-5;2*1-2/h6H,2-4H2,1H3;2*2H2. The van der Waals surface area contributed by atoms with Crippen LogP contribution in [0.4, 0.5) is 0 Å². The summed E-state index contributed by atoms with van der Waals surface area (Å²) >= 11 is 14.5. The maximum Gasteiger partial charge on any atom is -0.0214 e. The van der Waals surface area contributed by atoms with Gasteiger partial charge in [-0.05, 0) is 37.7 Å². The smallest absolute Gasteiger partial charge is 0.0214 e. The van der Waals surface area contributed by atoms with Crippen LogP contribution in [0.15, 0.2) is 0 Å². The molecule has 0 bridgehead atoms. The zero-order chi connectivity index (χ0) is 8.83. The van der Waals surface area contributed by atoms with E-state index in [2.05, 4.69) is 29.4 Å². The maximum absolute atomic E-state index is 5.41. The minimum Gasteiger partial charge on any atom is -0.104 e. The maximum atomic E-state index is 5.41. The molecule has 10 heavy (non-hydrogen) atoms. The van der Waals surface area contributed by atoms with Crippen LogP contribution in [0.3, 0.4) is 0 Å². The normalized spacial score (nSPS) is 7.80. The van der Waals surface area contributed by atoms with Crippen LogP contribution in [0.2, 0.25) is 0 Å². The zero-order valence-corrected chi connectivity index (χ0v) is 11.5. The Kier molecular flexibility index (Phi) is 54.8. The lowest BCUT2D eigenvalue weighted by molar-refractivity contribution is 0.896. The van der Waals surface area contributed by atoms with Gasteiger partial charge < -0.3 is 0 Å². The minimum absolute atomic E-state index is 0.637. The van der Waals surface area contributed by atoms with E-state index >= 15 is 0 Å². The van der Waals surface area contributed by atoms with Gasteiger partial charge >= 0.3 is 0 Å². The van der Waals surface area contributed by atoms with Crippen LogP contribution >= 0.6 is 58.8 Å². The molecule has 66 valence electrons. The topological polar surface area (TPSA) is 0 Å². The molecule has 0 heterocycles. The molecule has 0 rings (SSSR count). The van der Waals surface area contributed by atoms with Gasteiger partial charge in [0.2, 0.25) is 0 Å². The van der Waals surface area contributed by atoms with Gasteiger partial charge in [-0.25, -0.2) is 0 Å². The van der Waals surface area contributed by atoms with Crippen molar-refractivity contribution in [3.8, 4) is 0 Å².